The second-order valence-electron chi connectivity index (χ2n) is 7.38. The van der Waals surface area contributed by atoms with Gasteiger partial charge in [0.05, 0.1) is 4.92 Å². The highest BCUT2D eigenvalue weighted by Gasteiger charge is 2.21. The number of piperazine rings is 1. The SMILES string of the molecule is Cc1cc(N2CCN(C(=O)/C=C/c3cccc([N+](=O)[O-])c3)CC2)nc(C(C)C)n1. The summed E-state index contributed by atoms with van der Waals surface area (Å²) in [5, 5.41) is 10.9. The number of non-ortho nitro benzene ring substituents is 1. The number of aromatic nitrogens is 2. The van der Waals surface area contributed by atoms with Crippen molar-refractivity contribution in [1.82, 2.24) is 14.9 Å². The average molecular weight is 395 g/mol. The molecule has 0 bridgehead atoms. The Kier molecular flexibility index (Phi) is 6.21. The van der Waals surface area contributed by atoms with Gasteiger partial charge >= 0.3 is 0 Å². The Morgan fingerprint density at radius 1 is 1.17 bits per heavy atom. The zero-order chi connectivity index (χ0) is 21.0. The number of anilines is 1. The lowest BCUT2D eigenvalue weighted by molar-refractivity contribution is -0.384. The molecule has 29 heavy (non-hydrogen) atoms. The van der Waals surface area contributed by atoms with Crippen LogP contribution < -0.4 is 4.90 Å². The summed E-state index contributed by atoms with van der Waals surface area (Å²) in [6.45, 7) is 8.70. The lowest BCUT2D eigenvalue weighted by Gasteiger charge is -2.35. The quantitative estimate of drug-likeness (QED) is 0.439. The molecule has 0 unspecified atom stereocenters. The van der Waals surface area contributed by atoms with Gasteiger partial charge in [0, 0.05) is 62.1 Å². The van der Waals surface area contributed by atoms with Gasteiger partial charge in [0.1, 0.15) is 11.6 Å². The van der Waals surface area contributed by atoms with Gasteiger partial charge in [-0.1, -0.05) is 26.0 Å². The maximum Gasteiger partial charge on any atom is 0.270 e. The molecule has 1 aliphatic rings. The van der Waals surface area contributed by atoms with Crippen molar-refractivity contribution in [2.45, 2.75) is 26.7 Å². The van der Waals surface area contributed by atoms with Crippen LogP contribution in [0.2, 0.25) is 0 Å². The van der Waals surface area contributed by atoms with E-state index in [9.17, 15) is 14.9 Å². The summed E-state index contributed by atoms with van der Waals surface area (Å²) in [7, 11) is 0. The molecule has 3 rings (SSSR count). The smallest absolute Gasteiger partial charge is 0.270 e. The molecule has 2 aromatic rings. The van der Waals surface area contributed by atoms with Crippen molar-refractivity contribution >= 4 is 23.5 Å². The van der Waals surface area contributed by atoms with E-state index in [0.717, 1.165) is 17.3 Å². The monoisotopic (exact) mass is 395 g/mol. The number of rotatable bonds is 5. The van der Waals surface area contributed by atoms with E-state index in [0.29, 0.717) is 31.7 Å². The third kappa shape index (κ3) is 5.16. The van der Waals surface area contributed by atoms with Crippen LogP contribution >= 0.6 is 0 Å². The van der Waals surface area contributed by atoms with Gasteiger partial charge in [-0.15, -0.1) is 0 Å². The summed E-state index contributed by atoms with van der Waals surface area (Å²) in [5.74, 6) is 1.90. The molecule has 0 N–H and O–H groups in total. The topological polar surface area (TPSA) is 92.5 Å². The lowest BCUT2D eigenvalue weighted by atomic mass is 10.2. The largest absolute Gasteiger partial charge is 0.353 e. The summed E-state index contributed by atoms with van der Waals surface area (Å²) in [5.41, 5.74) is 1.58. The first-order valence-electron chi connectivity index (χ1n) is 9.65. The normalized spacial score (nSPS) is 14.6. The van der Waals surface area contributed by atoms with Gasteiger partial charge < -0.3 is 9.80 Å². The van der Waals surface area contributed by atoms with Crippen LogP contribution in [0.15, 0.2) is 36.4 Å². The first-order chi connectivity index (χ1) is 13.8. The van der Waals surface area contributed by atoms with Crippen LogP contribution in [0, 0.1) is 17.0 Å². The number of hydrogen-bond donors (Lipinski definition) is 0. The molecular weight excluding hydrogens is 370 g/mol. The standard InChI is InChI=1S/C21H25N5O3/c1-15(2)21-22-16(3)13-19(23-21)24-9-11-25(12-10-24)20(27)8-7-17-5-4-6-18(14-17)26(28)29/h4-8,13-15H,9-12H2,1-3H3/b8-7+. The van der Waals surface area contributed by atoms with Crippen LogP contribution in [-0.4, -0.2) is 51.9 Å². The maximum atomic E-state index is 12.5. The van der Waals surface area contributed by atoms with Crippen molar-refractivity contribution in [3.63, 3.8) is 0 Å². The lowest BCUT2D eigenvalue weighted by Crippen LogP contribution is -2.48. The van der Waals surface area contributed by atoms with Gasteiger partial charge in [-0.05, 0) is 18.6 Å². The molecule has 0 atom stereocenters. The molecule has 1 amide bonds. The second kappa shape index (κ2) is 8.81. The highest BCUT2D eigenvalue weighted by Crippen LogP contribution is 2.19. The summed E-state index contributed by atoms with van der Waals surface area (Å²) in [6.07, 6.45) is 3.09. The van der Waals surface area contributed by atoms with Crippen LogP contribution in [0.3, 0.4) is 0 Å². The Labute approximate surface area is 170 Å². The Morgan fingerprint density at radius 2 is 1.90 bits per heavy atom. The number of nitrogens with zero attached hydrogens (tertiary/aromatic N) is 5. The van der Waals surface area contributed by atoms with Crippen molar-refractivity contribution in [2.24, 2.45) is 0 Å². The van der Waals surface area contributed by atoms with Crippen LogP contribution in [0.5, 0.6) is 0 Å². The molecule has 1 fully saturated rings. The Balaban J connectivity index is 1.61. The summed E-state index contributed by atoms with van der Waals surface area (Å²) in [4.78, 5) is 36.0. The molecule has 8 heteroatoms. The van der Waals surface area contributed by atoms with Gasteiger partial charge in [0.15, 0.2) is 0 Å². The molecule has 1 aromatic carbocycles. The molecule has 8 nitrogen and oxygen atoms in total. The minimum atomic E-state index is -0.446. The number of nitro groups is 1. The molecule has 1 aromatic heterocycles. The van der Waals surface area contributed by atoms with Gasteiger partial charge in [-0.3, -0.25) is 14.9 Å². The number of carbonyl (C=O) groups is 1. The zero-order valence-electron chi connectivity index (χ0n) is 16.9. The van der Waals surface area contributed by atoms with E-state index < -0.39 is 4.92 Å². The van der Waals surface area contributed by atoms with E-state index in [1.54, 1.807) is 23.1 Å². The fraction of sp³-hybridized carbons (Fsp3) is 0.381. The Hall–Kier alpha value is -3.29. The fourth-order valence-corrected chi connectivity index (χ4v) is 3.17. The van der Waals surface area contributed by atoms with Crippen LogP contribution in [0.1, 0.15) is 36.8 Å². The van der Waals surface area contributed by atoms with Gasteiger partial charge in [0.2, 0.25) is 5.91 Å². The number of aryl methyl sites for hydroxylation is 1. The van der Waals surface area contributed by atoms with Crippen molar-refractivity contribution in [3.8, 4) is 0 Å². The summed E-state index contributed by atoms with van der Waals surface area (Å²) < 4.78 is 0. The third-order valence-corrected chi connectivity index (χ3v) is 4.79. The highest BCUT2D eigenvalue weighted by atomic mass is 16.6. The number of nitro benzene ring substituents is 1. The van der Waals surface area contributed by atoms with Gasteiger partial charge in [-0.2, -0.15) is 0 Å². The zero-order valence-corrected chi connectivity index (χ0v) is 16.9. The highest BCUT2D eigenvalue weighted by molar-refractivity contribution is 5.92. The number of carbonyl (C=O) groups excluding carboxylic acids is 1. The van der Waals surface area contributed by atoms with Gasteiger partial charge in [-0.25, -0.2) is 9.97 Å². The Morgan fingerprint density at radius 3 is 2.55 bits per heavy atom. The number of benzene rings is 1. The van der Waals surface area contributed by atoms with E-state index in [2.05, 4.69) is 28.7 Å². The predicted molar refractivity (Wildman–Crippen MR) is 112 cm³/mol. The van der Waals surface area contributed by atoms with Crippen LogP contribution in [0.4, 0.5) is 11.5 Å². The molecule has 0 radical (unpaired) electrons. The van der Waals surface area contributed by atoms with Crippen LogP contribution in [-0.2, 0) is 4.79 Å². The van der Waals surface area contributed by atoms with E-state index in [-0.39, 0.29) is 17.5 Å². The molecule has 1 aliphatic heterocycles. The number of hydrogen-bond acceptors (Lipinski definition) is 6. The van der Waals surface area contributed by atoms with E-state index in [1.165, 1.54) is 18.2 Å². The average Bonchev–Trinajstić information content (AvgIpc) is 2.71. The Bertz CT molecular complexity index is 934. The minimum absolute atomic E-state index is 0.00845. The molecule has 2 heterocycles. The van der Waals surface area contributed by atoms with Crippen molar-refractivity contribution in [3.05, 3.63) is 63.6 Å². The number of amides is 1. The first kappa shape index (κ1) is 20.4. The molecular formula is C21H25N5O3. The van der Waals surface area contributed by atoms with E-state index in [4.69, 9.17) is 0 Å². The van der Waals surface area contributed by atoms with E-state index in [1.807, 2.05) is 13.0 Å². The maximum absolute atomic E-state index is 12.5. The van der Waals surface area contributed by atoms with E-state index >= 15 is 0 Å². The second-order valence-corrected chi connectivity index (χ2v) is 7.38. The van der Waals surface area contributed by atoms with Crippen LogP contribution in [0.25, 0.3) is 6.08 Å². The fourth-order valence-electron chi connectivity index (χ4n) is 3.17. The molecule has 152 valence electrons. The van der Waals surface area contributed by atoms with Crippen molar-refractivity contribution < 1.29 is 9.72 Å². The third-order valence-electron chi connectivity index (χ3n) is 4.79. The molecule has 0 spiro atoms. The van der Waals surface area contributed by atoms with Gasteiger partial charge in [0.25, 0.3) is 5.69 Å². The minimum Gasteiger partial charge on any atom is -0.353 e. The molecule has 0 aliphatic carbocycles. The first-order valence-corrected chi connectivity index (χ1v) is 9.65. The summed E-state index contributed by atoms with van der Waals surface area (Å²) in [6, 6.07) is 8.20. The predicted octanol–water partition coefficient (Wildman–Crippen LogP) is 3.18. The van der Waals surface area contributed by atoms with Crippen molar-refractivity contribution in [2.75, 3.05) is 31.1 Å². The van der Waals surface area contributed by atoms with Crippen molar-refractivity contribution in [1.29, 1.82) is 0 Å². The summed E-state index contributed by atoms with van der Waals surface area (Å²) >= 11 is 0. The molecule has 0 saturated carbocycles. The molecule has 1 saturated heterocycles.